The molecule has 4 atom stereocenters. The van der Waals surface area contributed by atoms with Gasteiger partial charge in [0.1, 0.15) is 6.10 Å². The number of rotatable bonds is 0. The molecule has 3 nitrogen and oxygen atoms in total. The number of allylic oxidation sites excluding steroid dienone is 2. The molecule has 1 saturated carbocycles. The highest BCUT2D eigenvalue weighted by molar-refractivity contribution is 5.91. The Morgan fingerprint density at radius 3 is 3.00 bits per heavy atom. The van der Waals surface area contributed by atoms with Crippen LogP contribution in [-0.2, 0) is 9.53 Å². The molecule has 0 aromatic heterocycles. The molecule has 3 aliphatic rings. The third-order valence-corrected chi connectivity index (χ3v) is 4.89. The molecule has 0 unspecified atom stereocenters. The van der Waals surface area contributed by atoms with Gasteiger partial charge in [-0.1, -0.05) is 31.2 Å². The Morgan fingerprint density at radius 1 is 1.56 bits per heavy atom. The van der Waals surface area contributed by atoms with E-state index in [1.165, 1.54) is 0 Å². The minimum atomic E-state index is -0.492. The number of aliphatic hydroxyl groups excluding tert-OH is 1. The standard InChI is InChI=1S/C15H18O3/c1-8-4-5-13(16)15(3)7-12-10(6-11(8)15)9(2)14(17)18-12/h4-5,11-13,16H,1,6-7H2,2-3H3/t11-,12-,13-,15+/m0/s1. The molecule has 0 spiro atoms. The molecule has 0 aromatic rings. The average Bonchev–Trinajstić information content (AvgIpc) is 2.58. The molecule has 0 saturated heterocycles. The van der Waals surface area contributed by atoms with Crippen molar-refractivity contribution in [2.75, 3.05) is 0 Å². The van der Waals surface area contributed by atoms with Crippen LogP contribution in [0.3, 0.4) is 0 Å². The molecule has 96 valence electrons. The van der Waals surface area contributed by atoms with Gasteiger partial charge < -0.3 is 9.84 Å². The fourth-order valence-electron chi connectivity index (χ4n) is 3.54. The Labute approximate surface area is 107 Å². The number of carbonyl (C=O) groups is 1. The molecule has 0 bridgehead atoms. The molecule has 1 aliphatic heterocycles. The maximum absolute atomic E-state index is 11.6. The average molecular weight is 246 g/mol. The van der Waals surface area contributed by atoms with Crippen molar-refractivity contribution in [3.63, 3.8) is 0 Å². The zero-order valence-corrected chi connectivity index (χ0v) is 10.8. The fraction of sp³-hybridized carbons (Fsp3) is 0.533. The second kappa shape index (κ2) is 3.58. The van der Waals surface area contributed by atoms with Crippen molar-refractivity contribution in [2.24, 2.45) is 11.3 Å². The summed E-state index contributed by atoms with van der Waals surface area (Å²) in [6.07, 6.45) is 4.53. The number of ether oxygens (including phenoxy) is 1. The first-order chi connectivity index (χ1) is 8.43. The first kappa shape index (κ1) is 11.7. The Hall–Kier alpha value is -1.35. The van der Waals surface area contributed by atoms with E-state index in [0.717, 1.165) is 23.1 Å². The Kier molecular flexibility index (Phi) is 2.33. The molecule has 18 heavy (non-hydrogen) atoms. The number of hydrogen-bond acceptors (Lipinski definition) is 3. The SMILES string of the molecule is C=C1C=C[C@H](O)[C@]2(C)C[C@@H]3OC(=O)C(C)=C3C[C@@H]12. The van der Waals surface area contributed by atoms with E-state index >= 15 is 0 Å². The molecule has 0 amide bonds. The molecular weight excluding hydrogens is 228 g/mol. The van der Waals surface area contributed by atoms with Crippen molar-refractivity contribution in [1.82, 2.24) is 0 Å². The highest BCUT2D eigenvalue weighted by Gasteiger charge is 2.51. The minimum Gasteiger partial charge on any atom is -0.454 e. The van der Waals surface area contributed by atoms with Gasteiger partial charge in [-0.25, -0.2) is 4.79 Å². The number of aliphatic hydroxyl groups is 1. The van der Waals surface area contributed by atoms with E-state index in [-0.39, 0.29) is 23.4 Å². The summed E-state index contributed by atoms with van der Waals surface area (Å²) in [7, 11) is 0. The highest BCUT2D eigenvalue weighted by Crippen LogP contribution is 2.53. The van der Waals surface area contributed by atoms with Crippen LogP contribution < -0.4 is 0 Å². The summed E-state index contributed by atoms with van der Waals surface area (Å²) in [5, 5.41) is 10.2. The third kappa shape index (κ3) is 1.37. The molecule has 3 rings (SSSR count). The van der Waals surface area contributed by atoms with E-state index in [1.807, 2.05) is 13.0 Å². The van der Waals surface area contributed by atoms with Gasteiger partial charge in [0.25, 0.3) is 0 Å². The van der Waals surface area contributed by atoms with Gasteiger partial charge in [-0.05, 0) is 31.3 Å². The lowest BCUT2D eigenvalue weighted by Gasteiger charge is -2.48. The zero-order chi connectivity index (χ0) is 13.1. The quantitative estimate of drug-likeness (QED) is 0.666. The van der Waals surface area contributed by atoms with E-state index in [1.54, 1.807) is 6.08 Å². The lowest BCUT2D eigenvalue weighted by atomic mass is 9.58. The normalized spacial score (nSPS) is 42.7. The van der Waals surface area contributed by atoms with Crippen LogP contribution >= 0.6 is 0 Å². The van der Waals surface area contributed by atoms with Crippen molar-refractivity contribution in [3.05, 3.63) is 35.5 Å². The van der Waals surface area contributed by atoms with Gasteiger partial charge in [0, 0.05) is 11.0 Å². The molecule has 3 heteroatoms. The number of esters is 1. The lowest BCUT2D eigenvalue weighted by Crippen LogP contribution is -2.47. The molecular formula is C15H18O3. The molecule has 1 heterocycles. The van der Waals surface area contributed by atoms with E-state index in [9.17, 15) is 9.90 Å². The Morgan fingerprint density at radius 2 is 2.28 bits per heavy atom. The van der Waals surface area contributed by atoms with Crippen LogP contribution in [-0.4, -0.2) is 23.3 Å². The number of hydrogen-bond donors (Lipinski definition) is 1. The predicted molar refractivity (Wildman–Crippen MR) is 67.7 cm³/mol. The molecule has 2 aliphatic carbocycles. The van der Waals surface area contributed by atoms with Crippen LogP contribution in [0.5, 0.6) is 0 Å². The van der Waals surface area contributed by atoms with Crippen molar-refractivity contribution < 1.29 is 14.6 Å². The van der Waals surface area contributed by atoms with Crippen LogP contribution in [0.4, 0.5) is 0 Å². The van der Waals surface area contributed by atoms with Crippen LogP contribution in [0.1, 0.15) is 26.7 Å². The summed E-state index contributed by atoms with van der Waals surface area (Å²) in [6.45, 7) is 7.99. The zero-order valence-electron chi connectivity index (χ0n) is 10.8. The van der Waals surface area contributed by atoms with Gasteiger partial charge in [-0.2, -0.15) is 0 Å². The second-order valence-corrected chi connectivity index (χ2v) is 5.89. The Bertz CT molecular complexity index is 500. The van der Waals surface area contributed by atoms with Gasteiger partial charge in [0.2, 0.25) is 0 Å². The fourth-order valence-corrected chi connectivity index (χ4v) is 3.54. The van der Waals surface area contributed by atoms with Crippen molar-refractivity contribution >= 4 is 5.97 Å². The van der Waals surface area contributed by atoms with E-state index < -0.39 is 6.10 Å². The molecule has 0 radical (unpaired) electrons. The second-order valence-electron chi connectivity index (χ2n) is 5.89. The maximum atomic E-state index is 11.6. The summed E-state index contributed by atoms with van der Waals surface area (Å²) in [5.41, 5.74) is 2.62. The van der Waals surface area contributed by atoms with E-state index in [2.05, 4.69) is 13.5 Å². The number of fused-ring (bicyclic) bond motifs is 2. The molecule has 1 N–H and O–H groups in total. The first-order valence-electron chi connectivity index (χ1n) is 6.39. The van der Waals surface area contributed by atoms with Crippen LogP contribution in [0.25, 0.3) is 0 Å². The van der Waals surface area contributed by atoms with E-state index in [0.29, 0.717) is 6.42 Å². The summed E-state index contributed by atoms with van der Waals surface area (Å²) in [4.78, 5) is 11.6. The summed E-state index contributed by atoms with van der Waals surface area (Å²) in [5.74, 6) is -0.00138. The number of carbonyl (C=O) groups excluding carboxylic acids is 1. The van der Waals surface area contributed by atoms with Crippen LogP contribution in [0.15, 0.2) is 35.5 Å². The van der Waals surface area contributed by atoms with Gasteiger partial charge in [-0.15, -0.1) is 0 Å². The summed E-state index contributed by atoms with van der Waals surface area (Å²) < 4.78 is 5.40. The van der Waals surface area contributed by atoms with Crippen molar-refractivity contribution in [2.45, 2.75) is 38.9 Å². The molecule has 1 fully saturated rings. The Balaban J connectivity index is 2.03. The van der Waals surface area contributed by atoms with Crippen molar-refractivity contribution in [3.8, 4) is 0 Å². The van der Waals surface area contributed by atoms with Gasteiger partial charge in [0.15, 0.2) is 0 Å². The largest absolute Gasteiger partial charge is 0.454 e. The maximum Gasteiger partial charge on any atom is 0.334 e. The lowest BCUT2D eigenvalue weighted by molar-refractivity contribution is -0.142. The van der Waals surface area contributed by atoms with Gasteiger partial charge in [-0.3, -0.25) is 0 Å². The van der Waals surface area contributed by atoms with Crippen LogP contribution in [0, 0.1) is 11.3 Å². The molecule has 0 aromatic carbocycles. The summed E-state index contributed by atoms with van der Waals surface area (Å²) >= 11 is 0. The van der Waals surface area contributed by atoms with E-state index in [4.69, 9.17) is 4.74 Å². The van der Waals surface area contributed by atoms with Crippen LogP contribution in [0.2, 0.25) is 0 Å². The first-order valence-corrected chi connectivity index (χ1v) is 6.39. The summed E-state index contributed by atoms with van der Waals surface area (Å²) in [6, 6.07) is 0. The highest BCUT2D eigenvalue weighted by atomic mass is 16.5. The third-order valence-electron chi connectivity index (χ3n) is 4.89. The van der Waals surface area contributed by atoms with Gasteiger partial charge in [0.05, 0.1) is 6.10 Å². The minimum absolute atomic E-state index is 0.146. The predicted octanol–water partition coefficient (Wildman–Crippen LogP) is 2.13. The smallest absolute Gasteiger partial charge is 0.334 e. The topological polar surface area (TPSA) is 46.5 Å². The van der Waals surface area contributed by atoms with Crippen molar-refractivity contribution in [1.29, 1.82) is 0 Å². The monoisotopic (exact) mass is 246 g/mol. The van der Waals surface area contributed by atoms with Gasteiger partial charge >= 0.3 is 5.97 Å².